The molecule has 1 N–H and O–H groups in total. The van der Waals surface area contributed by atoms with Gasteiger partial charge in [-0.1, -0.05) is 6.92 Å². The Bertz CT molecular complexity index is 255. The predicted octanol–water partition coefficient (Wildman–Crippen LogP) is 1.78. The van der Waals surface area contributed by atoms with Gasteiger partial charge in [0.2, 0.25) is 5.91 Å². The summed E-state index contributed by atoms with van der Waals surface area (Å²) in [7, 11) is 0. The fourth-order valence-corrected chi connectivity index (χ4v) is 2.66. The highest BCUT2D eigenvalue weighted by Crippen LogP contribution is 2.34. The number of carbonyl (C=O) groups excluding carboxylic acids is 1. The molecule has 0 radical (unpaired) electrons. The lowest BCUT2D eigenvalue weighted by Gasteiger charge is -2.37. The molecule has 1 atom stereocenters. The molecule has 1 saturated carbocycles. The lowest BCUT2D eigenvalue weighted by molar-refractivity contribution is -0.142. The van der Waals surface area contributed by atoms with Crippen LogP contribution in [0.4, 0.5) is 0 Å². The number of hydrogen-bond acceptors (Lipinski definition) is 2. The Labute approximate surface area is 98.6 Å². The van der Waals surface area contributed by atoms with Crippen LogP contribution in [-0.4, -0.2) is 36.5 Å². The van der Waals surface area contributed by atoms with E-state index in [1.54, 1.807) is 0 Å². The fraction of sp³-hybridized carbons (Fsp3) is 0.923. The summed E-state index contributed by atoms with van der Waals surface area (Å²) in [5, 5.41) is 3.37. The van der Waals surface area contributed by atoms with Crippen molar-refractivity contribution in [2.24, 2.45) is 5.41 Å². The molecule has 0 aromatic carbocycles. The fourth-order valence-electron chi connectivity index (χ4n) is 2.66. The summed E-state index contributed by atoms with van der Waals surface area (Å²) in [6.45, 7) is 7.16. The molecule has 16 heavy (non-hydrogen) atoms. The Kier molecular flexibility index (Phi) is 3.53. The molecule has 0 aromatic rings. The largest absolute Gasteiger partial charge is 0.339 e. The predicted molar refractivity (Wildman–Crippen MR) is 65.2 cm³/mol. The van der Waals surface area contributed by atoms with Crippen molar-refractivity contribution < 1.29 is 4.79 Å². The van der Waals surface area contributed by atoms with E-state index in [0.717, 1.165) is 38.9 Å². The van der Waals surface area contributed by atoms with E-state index in [4.69, 9.17) is 0 Å². The number of rotatable bonds is 4. The third-order valence-electron chi connectivity index (χ3n) is 3.83. The molecule has 3 heteroatoms. The minimum Gasteiger partial charge on any atom is -0.339 e. The van der Waals surface area contributed by atoms with E-state index in [9.17, 15) is 4.79 Å². The van der Waals surface area contributed by atoms with Gasteiger partial charge in [0, 0.05) is 19.1 Å². The van der Waals surface area contributed by atoms with Gasteiger partial charge in [0.1, 0.15) is 0 Å². The highest BCUT2D eigenvalue weighted by Gasteiger charge is 2.42. The van der Waals surface area contributed by atoms with Crippen molar-refractivity contribution in [2.75, 3.05) is 19.6 Å². The van der Waals surface area contributed by atoms with Gasteiger partial charge in [-0.15, -0.1) is 0 Å². The van der Waals surface area contributed by atoms with E-state index < -0.39 is 0 Å². The minimum atomic E-state index is -0.143. The number of carbonyl (C=O) groups is 1. The first kappa shape index (κ1) is 11.9. The molecular weight excluding hydrogens is 200 g/mol. The molecule has 2 fully saturated rings. The van der Waals surface area contributed by atoms with Crippen molar-refractivity contribution in [3.05, 3.63) is 0 Å². The zero-order valence-electron chi connectivity index (χ0n) is 10.6. The second-order valence-electron chi connectivity index (χ2n) is 5.57. The molecule has 2 aliphatic rings. The summed E-state index contributed by atoms with van der Waals surface area (Å²) < 4.78 is 0. The molecule has 1 amide bonds. The van der Waals surface area contributed by atoms with E-state index in [1.807, 2.05) is 0 Å². The van der Waals surface area contributed by atoms with Crippen LogP contribution >= 0.6 is 0 Å². The van der Waals surface area contributed by atoms with Crippen LogP contribution in [0.5, 0.6) is 0 Å². The summed E-state index contributed by atoms with van der Waals surface area (Å²) in [5.74, 6) is 0.393. The molecule has 1 aliphatic carbocycles. The van der Waals surface area contributed by atoms with Crippen molar-refractivity contribution in [1.82, 2.24) is 10.2 Å². The molecule has 2 rings (SSSR count). The van der Waals surface area contributed by atoms with Crippen LogP contribution in [0.15, 0.2) is 0 Å². The summed E-state index contributed by atoms with van der Waals surface area (Å²) >= 11 is 0. The molecule has 92 valence electrons. The van der Waals surface area contributed by atoms with Crippen LogP contribution in [0, 0.1) is 5.41 Å². The van der Waals surface area contributed by atoms with Crippen molar-refractivity contribution in [3.63, 3.8) is 0 Å². The van der Waals surface area contributed by atoms with E-state index in [0.29, 0.717) is 11.9 Å². The molecule has 1 aliphatic heterocycles. The maximum absolute atomic E-state index is 12.6. The van der Waals surface area contributed by atoms with E-state index in [1.165, 1.54) is 12.8 Å². The molecular formula is C13H24N2O. The zero-order valence-corrected chi connectivity index (χ0v) is 10.6. The average molecular weight is 224 g/mol. The first-order valence-corrected chi connectivity index (χ1v) is 6.69. The van der Waals surface area contributed by atoms with Crippen LogP contribution in [0.25, 0.3) is 0 Å². The van der Waals surface area contributed by atoms with Gasteiger partial charge in [0.05, 0.1) is 5.41 Å². The lowest BCUT2D eigenvalue weighted by atomic mass is 9.81. The highest BCUT2D eigenvalue weighted by molar-refractivity contribution is 5.83. The normalized spacial score (nSPS) is 30.1. The first-order chi connectivity index (χ1) is 7.67. The SMILES string of the molecule is CCCN(C(=O)C1(C)CCCNC1)C1CC1. The first-order valence-electron chi connectivity index (χ1n) is 6.69. The quantitative estimate of drug-likeness (QED) is 0.789. The molecule has 0 bridgehead atoms. The molecule has 0 spiro atoms. The van der Waals surface area contributed by atoms with Crippen molar-refractivity contribution in [3.8, 4) is 0 Å². The Balaban J connectivity index is 2.02. The Morgan fingerprint density at radius 3 is 2.75 bits per heavy atom. The number of nitrogens with zero attached hydrogens (tertiary/aromatic N) is 1. The molecule has 0 aromatic heterocycles. The Morgan fingerprint density at radius 1 is 1.50 bits per heavy atom. The van der Waals surface area contributed by atoms with Crippen LogP contribution in [0.3, 0.4) is 0 Å². The average Bonchev–Trinajstić information content (AvgIpc) is 3.10. The van der Waals surface area contributed by atoms with E-state index in [-0.39, 0.29) is 5.41 Å². The third-order valence-corrected chi connectivity index (χ3v) is 3.83. The maximum Gasteiger partial charge on any atom is 0.230 e. The minimum absolute atomic E-state index is 0.143. The molecule has 1 saturated heterocycles. The van der Waals surface area contributed by atoms with Crippen LogP contribution in [0.2, 0.25) is 0 Å². The van der Waals surface area contributed by atoms with Gasteiger partial charge in [0.25, 0.3) is 0 Å². The van der Waals surface area contributed by atoms with Gasteiger partial charge in [0.15, 0.2) is 0 Å². The van der Waals surface area contributed by atoms with Gasteiger partial charge in [-0.2, -0.15) is 0 Å². The van der Waals surface area contributed by atoms with Crippen LogP contribution < -0.4 is 5.32 Å². The third kappa shape index (κ3) is 2.40. The van der Waals surface area contributed by atoms with Crippen LogP contribution in [-0.2, 0) is 4.79 Å². The second-order valence-corrected chi connectivity index (χ2v) is 5.57. The Morgan fingerprint density at radius 2 is 2.25 bits per heavy atom. The van der Waals surface area contributed by atoms with Gasteiger partial charge in [-0.25, -0.2) is 0 Å². The number of hydrogen-bond donors (Lipinski definition) is 1. The molecule has 3 nitrogen and oxygen atoms in total. The Hall–Kier alpha value is -0.570. The number of nitrogens with one attached hydrogen (secondary N) is 1. The van der Waals surface area contributed by atoms with Crippen LogP contribution in [0.1, 0.15) is 46.0 Å². The monoisotopic (exact) mass is 224 g/mol. The summed E-state index contributed by atoms with van der Waals surface area (Å²) in [4.78, 5) is 14.7. The maximum atomic E-state index is 12.6. The van der Waals surface area contributed by atoms with E-state index in [2.05, 4.69) is 24.1 Å². The van der Waals surface area contributed by atoms with Gasteiger partial charge in [-0.3, -0.25) is 4.79 Å². The summed E-state index contributed by atoms with van der Waals surface area (Å²) in [5.41, 5.74) is -0.143. The molecule has 1 heterocycles. The van der Waals surface area contributed by atoms with Gasteiger partial charge in [-0.05, 0) is 45.6 Å². The molecule has 1 unspecified atom stereocenters. The topological polar surface area (TPSA) is 32.3 Å². The number of piperidine rings is 1. The zero-order chi connectivity index (χ0) is 11.6. The second kappa shape index (κ2) is 4.74. The lowest BCUT2D eigenvalue weighted by Crippen LogP contribution is -2.51. The standard InChI is InChI=1S/C13H24N2O/c1-3-9-15(11-5-6-11)12(16)13(2)7-4-8-14-10-13/h11,14H,3-10H2,1-2H3. The van der Waals surface area contributed by atoms with Gasteiger partial charge < -0.3 is 10.2 Å². The smallest absolute Gasteiger partial charge is 0.230 e. The summed E-state index contributed by atoms with van der Waals surface area (Å²) in [6.07, 6.45) is 5.69. The highest BCUT2D eigenvalue weighted by atomic mass is 16.2. The van der Waals surface area contributed by atoms with Gasteiger partial charge >= 0.3 is 0 Å². The van der Waals surface area contributed by atoms with E-state index >= 15 is 0 Å². The van der Waals surface area contributed by atoms with Crippen molar-refractivity contribution in [1.29, 1.82) is 0 Å². The van der Waals surface area contributed by atoms with Crippen molar-refractivity contribution in [2.45, 2.75) is 52.0 Å². The van der Waals surface area contributed by atoms with Crippen molar-refractivity contribution >= 4 is 5.91 Å². The summed E-state index contributed by atoms with van der Waals surface area (Å²) in [6, 6.07) is 0.561. The number of amides is 1.